The molecule has 3 heteroatoms. The van der Waals surface area contributed by atoms with Crippen molar-refractivity contribution in [2.24, 2.45) is 0 Å². The zero-order valence-corrected chi connectivity index (χ0v) is 10.3. The quantitative estimate of drug-likeness (QED) is 0.756. The molecule has 2 aromatic rings. The zero-order valence-electron chi connectivity index (χ0n) is 10.3. The Balaban J connectivity index is 2.60. The van der Waals surface area contributed by atoms with Gasteiger partial charge in [0.15, 0.2) is 5.78 Å². The van der Waals surface area contributed by atoms with Gasteiger partial charge >= 0.3 is 0 Å². The first-order valence-corrected chi connectivity index (χ1v) is 5.75. The van der Waals surface area contributed by atoms with Crippen LogP contribution in [0.15, 0.2) is 36.5 Å². The summed E-state index contributed by atoms with van der Waals surface area (Å²) < 4.78 is 1.85. The Bertz CT molecular complexity index is 526. The van der Waals surface area contributed by atoms with Crippen LogP contribution in [0.1, 0.15) is 42.7 Å². The maximum Gasteiger partial charge on any atom is 0.163 e. The number of aromatic nitrogens is 2. The average Bonchev–Trinajstić information content (AvgIpc) is 2.74. The number of benzene rings is 1. The molecule has 0 aliphatic heterocycles. The van der Waals surface area contributed by atoms with Crippen LogP contribution < -0.4 is 0 Å². The van der Waals surface area contributed by atoms with E-state index in [9.17, 15) is 4.79 Å². The third-order valence-electron chi connectivity index (χ3n) is 2.73. The Kier molecular flexibility index (Phi) is 3.09. The maximum atomic E-state index is 11.6. The van der Waals surface area contributed by atoms with Crippen molar-refractivity contribution in [3.8, 4) is 5.69 Å². The van der Waals surface area contributed by atoms with Gasteiger partial charge in [0, 0.05) is 0 Å². The van der Waals surface area contributed by atoms with Crippen molar-refractivity contribution in [2.75, 3.05) is 0 Å². The van der Waals surface area contributed by atoms with Gasteiger partial charge in [0.2, 0.25) is 0 Å². The van der Waals surface area contributed by atoms with Crippen molar-refractivity contribution in [2.45, 2.75) is 26.7 Å². The monoisotopic (exact) mass is 228 g/mol. The highest BCUT2D eigenvalue weighted by Crippen LogP contribution is 2.23. The molecule has 0 radical (unpaired) electrons. The lowest BCUT2D eigenvalue weighted by atomic mass is 10.0. The SMILES string of the molecule is CC(=O)c1cnn(-c2ccccc2)c1C(C)C. The molecule has 2 rings (SSSR count). The molecule has 0 saturated carbocycles. The standard InChI is InChI=1S/C14H16N2O/c1-10(2)14-13(11(3)17)9-15-16(14)12-7-5-4-6-8-12/h4-10H,1-3H3. The van der Waals surface area contributed by atoms with Gasteiger partial charge in [-0.15, -0.1) is 0 Å². The molecular formula is C14H16N2O. The van der Waals surface area contributed by atoms with Crippen LogP contribution in [-0.2, 0) is 0 Å². The van der Waals surface area contributed by atoms with Gasteiger partial charge in [0.05, 0.1) is 23.1 Å². The van der Waals surface area contributed by atoms with Crippen LogP contribution in [0.2, 0.25) is 0 Å². The molecule has 0 unspecified atom stereocenters. The third kappa shape index (κ3) is 2.13. The van der Waals surface area contributed by atoms with Crippen molar-refractivity contribution in [1.82, 2.24) is 9.78 Å². The number of carbonyl (C=O) groups excluding carboxylic acids is 1. The predicted molar refractivity (Wildman–Crippen MR) is 67.7 cm³/mol. The van der Waals surface area contributed by atoms with Gasteiger partial charge in [-0.1, -0.05) is 32.0 Å². The van der Waals surface area contributed by atoms with Crippen molar-refractivity contribution >= 4 is 5.78 Å². The van der Waals surface area contributed by atoms with Crippen molar-refractivity contribution in [3.05, 3.63) is 47.8 Å². The molecule has 0 N–H and O–H groups in total. The summed E-state index contributed by atoms with van der Waals surface area (Å²) in [5, 5.41) is 4.32. The third-order valence-corrected chi connectivity index (χ3v) is 2.73. The lowest BCUT2D eigenvalue weighted by molar-refractivity contribution is 0.101. The summed E-state index contributed by atoms with van der Waals surface area (Å²) in [5.74, 6) is 0.326. The molecule has 0 amide bonds. The molecule has 0 bridgehead atoms. The second-order valence-electron chi connectivity index (χ2n) is 4.40. The molecule has 0 saturated heterocycles. The van der Waals surface area contributed by atoms with Crippen molar-refractivity contribution in [3.63, 3.8) is 0 Å². The molecule has 0 aliphatic carbocycles. The van der Waals surface area contributed by atoms with E-state index < -0.39 is 0 Å². The lowest BCUT2D eigenvalue weighted by Gasteiger charge is -2.11. The largest absolute Gasteiger partial charge is 0.294 e. The average molecular weight is 228 g/mol. The number of hydrogen-bond donors (Lipinski definition) is 0. The van der Waals surface area contributed by atoms with Gasteiger partial charge in [0.25, 0.3) is 0 Å². The Hall–Kier alpha value is -1.90. The van der Waals surface area contributed by atoms with Gasteiger partial charge in [-0.05, 0) is 25.0 Å². The molecule has 1 heterocycles. The molecular weight excluding hydrogens is 212 g/mol. The number of para-hydroxylation sites is 1. The molecule has 1 aromatic carbocycles. The van der Waals surface area contributed by atoms with E-state index in [1.165, 1.54) is 0 Å². The highest BCUT2D eigenvalue weighted by Gasteiger charge is 2.17. The fourth-order valence-electron chi connectivity index (χ4n) is 1.96. The minimum Gasteiger partial charge on any atom is -0.294 e. The molecule has 0 fully saturated rings. The maximum absolute atomic E-state index is 11.6. The van der Waals surface area contributed by atoms with Gasteiger partial charge < -0.3 is 0 Å². The second kappa shape index (κ2) is 4.53. The number of ketones is 1. The Labute approximate surface area is 101 Å². The van der Waals surface area contributed by atoms with Gasteiger partial charge in [-0.25, -0.2) is 4.68 Å². The summed E-state index contributed by atoms with van der Waals surface area (Å²) in [7, 11) is 0. The Morgan fingerprint density at radius 1 is 1.24 bits per heavy atom. The summed E-state index contributed by atoms with van der Waals surface area (Å²) in [6, 6.07) is 9.88. The first-order valence-electron chi connectivity index (χ1n) is 5.75. The van der Waals surface area contributed by atoms with Crippen LogP contribution in [0.4, 0.5) is 0 Å². The normalized spacial score (nSPS) is 10.8. The highest BCUT2D eigenvalue weighted by atomic mass is 16.1. The lowest BCUT2D eigenvalue weighted by Crippen LogP contribution is -2.07. The van der Waals surface area contributed by atoms with E-state index >= 15 is 0 Å². The van der Waals surface area contributed by atoms with E-state index in [-0.39, 0.29) is 11.7 Å². The van der Waals surface area contributed by atoms with E-state index in [2.05, 4.69) is 18.9 Å². The predicted octanol–water partition coefficient (Wildman–Crippen LogP) is 3.20. The summed E-state index contributed by atoms with van der Waals surface area (Å²) in [4.78, 5) is 11.6. The first-order chi connectivity index (χ1) is 8.11. The molecule has 3 nitrogen and oxygen atoms in total. The Morgan fingerprint density at radius 3 is 2.41 bits per heavy atom. The molecule has 1 aromatic heterocycles. The fourth-order valence-corrected chi connectivity index (χ4v) is 1.96. The topological polar surface area (TPSA) is 34.9 Å². The van der Waals surface area contributed by atoms with Gasteiger partial charge in [-0.2, -0.15) is 5.10 Å². The molecule has 88 valence electrons. The fraction of sp³-hybridized carbons (Fsp3) is 0.286. The molecule has 0 aliphatic rings. The summed E-state index contributed by atoms with van der Waals surface area (Å²) in [5.41, 5.74) is 2.68. The number of rotatable bonds is 3. The van der Waals surface area contributed by atoms with Crippen LogP contribution in [0.5, 0.6) is 0 Å². The minimum atomic E-state index is 0.0656. The van der Waals surface area contributed by atoms with E-state index in [0.29, 0.717) is 5.56 Å². The number of nitrogens with zero attached hydrogens (tertiary/aromatic N) is 2. The zero-order chi connectivity index (χ0) is 12.4. The minimum absolute atomic E-state index is 0.0656. The smallest absolute Gasteiger partial charge is 0.163 e. The van der Waals surface area contributed by atoms with E-state index in [0.717, 1.165) is 11.4 Å². The van der Waals surface area contributed by atoms with Crippen LogP contribution in [0.3, 0.4) is 0 Å². The van der Waals surface area contributed by atoms with Crippen LogP contribution in [0.25, 0.3) is 5.69 Å². The summed E-state index contributed by atoms with van der Waals surface area (Å²) in [6.45, 7) is 5.73. The number of carbonyl (C=O) groups is 1. The molecule has 17 heavy (non-hydrogen) atoms. The van der Waals surface area contributed by atoms with Crippen molar-refractivity contribution < 1.29 is 4.79 Å². The van der Waals surface area contributed by atoms with Gasteiger partial charge in [0.1, 0.15) is 0 Å². The van der Waals surface area contributed by atoms with Crippen LogP contribution >= 0.6 is 0 Å². The second-order valence-corrected chi connectivity index (χ2v) is 4.40. The number of hydrogen-bond acceptors (Lipinski definition) is 2. The highest BCUT2D eigenvalue weighted by molar-refractivity contribution is 5.95. The molecule has 0 spiro atoms. The van der Waals surface area contributed by atoms with Crippen LogP contribution in [-0.4, -0.2) is 15.6 Å². The molecule has 0 atom stereocenters. The van der Waals surface area contributed by atoms with E-state index in [1.54, 1.807) is 13.1 Å². The summed E-state index contributed by atoms with van der Waals surface area (Å²) in [6.07, 6.45) is 1.66. The van der Waals surface area contributed by atoms with Gasteiger partial charge in [-0.3, -0.25) is 4.79 Å². The van der Waals surface area contributed by atoms with E-state index in [4.69, 9.17) is 0 Å². The first kappa shape index (κ1) is 11.6. The number of Topliss-reactive ketones (excluding diaryl/α,β-unsaturated/α-hetero) is 1. The van der Waals surface area contributed by atoms with Crippen LogP contribution in [0, 0.1) is 0 Å². The van der Waals surface area contributed by atoms with Crippen molar-refractivity contribution in [1.29, 1.82) is 0 Å². The van der Waals surface area contributed by atoms with E-state index in [1.807, 2.05) is 35.0 Å². The summed E-state index contributed by atoms with van der Waals surface area (Å²) >= 11 is 0. The Morgan fingerprint density at radius 2 is 1.88 bits per heavy atom.